The summed E-state index contributed by atoms with van der Waals surface area (Å²) in [6, 6.07) is 5.08. The van der Waals surface area contributed by atoms with Crippen LogP contribution in [0.2, 0.25) is 5.02 Å². The van der Waals surface area contributed by atoms with E-state index in [1.54, 1.807) is 18.2 Å². The maximum Gasteiger partial charge on any atom is 0.299 e. The lowest BCUT2D eigenvalue weighted by molar-refractivity contribution is -0.114. The van der Waals surface area contributed by atoms with Crippen molar-refractivity contribution in [3.63, 3.8) is 0 Å². The molecule has 0 unspecified atom stereocenters. The minimum Gasteiger partial charge on any atom is -0.380 e. The van der Waals surface area contributed by atoms with Crippen molar-refractivity contribution in [3.05, 3.63) is 28.8 Å². The van der Waals surface area contributed by atoms with Gasteiger partial charge in [-0.1, -0.05) is 31.0 Å². The number of carbonyl (C=O) groups excluding carboxylic acids is 2. The van der Waals surface area contributed by atoms with Gasteiger partial charge in [-0.05, 0) is 18.6 Å². The second kappa shape index (κ2) is 6.17. The molecule has 0 atom stereocenters. The van der Waals surface area contributed by atoms with Gasteiger partial charge in [-0.3, -0.25) is 9.59 Å². The molecule has 0 N–H and O–H groups in total. The number of ether oxygens (including phenoxy) is 1. The third kappa shape index (κ3) is 2.80. The zero-order chi connectivity index (χ0) is 13.8. The summed E-state index contributed by atoms with van der Waals surface area (Å²) in [4.78, 5) is 25.2. The molecular formula is C14H16ClNO3. The monoisotopic (exact) mass is 281 g/mol. The molecule has 1 aromatic carbocycles. The van der Waals surface area contributed by atoms with Gasteiger partial charge in [0.25, 0.3) is 11.7 Å². The Morgan fingerprint density at radius 1 is 1.26 bits per heavy atom. The molecule has 0 aliphatic carbocycles. The first kappa shape index (κ1) is 14.0. The molecule has 1 amide bonds. The molecule has 4 nitrogen and oxygen atoms in total. The van der Waals surface area contributed by atoms with Gasteiger partial charge in [0.1, 0.15) is 0 Å². The van der Waals surface area contributed by atoms with Crippen molar-refractivity contribution in [1.82, 2.24) is 0 Å². The molecule has 5 heteroatoms. The van der Waals surface area contributed by atoms with E-state index in [4.69, 9.17) is 16.3 Å². The highest BCUT2D eigenvalue weighted by molar-refractivity contribution is 6.55. The molecule has 0 saturated heterocycles. The summed E-state index contributed by atoms with van der Waals surface area (Å²) in [5, 5.41) is 0.324. The lowest BCUT2D eigenvalue weighted by Gasteiger charge is -2.16. The average molecular weight is 282 g/mol. The van der Waals surface area contributed by atoms with Crippen LogP contribution in [0.4, 0.5) is 5.69 Å². The number of fused-ring (bicyclic) bond motifs is 1. The highest BCUT2D eigenvalue weighted by Crippen LogP contribution is 2.33. The molecule has 1 heterocycles. The molecule has 0 spiro atoms. The van der Waals surface area contributed by atoms with Crippen LogP contribution in [0.5, 0.6) is 0 Å². The van der Waals surface area contributed by atoms with Crippen molar-refractivity contribution in [2.45, 2.75) is 19.8 Å². The van der Waals surface area contributed by atoms with Crippen LogP contribution in [0.15, 0.2) is 18.2 Å². The molecule has 0 bridgehead atoms. The van der Waals surface area contributed by atoms with Gasteiger partial charge in [-0.2, -0.15) is 0 Å². The number of Topliss-reactive ketones (excluding diaryl/α,β-unsaturated/α-hetero) is 1. The number of ketones is 1. The molecule has 1 aliphatic rings. The molecule has 0 saturated carbocycles. The summed E-state index contributed by atoms with van der Waals surface area (Å²) in [5.74, 6) is -1.06. The van der Waals surface area contributed by atoms with Crippen LogP contribution in [-0.4, -0.2) is 31.4 Å². The van der Waals surface area contributed by atoms with Crippen molar-refractivity contribution in [2.24, 2.45) is 0 Å². The van der Waals surface area contributed by atoms with Crippen LogP contribution in [0.25, 0.3) is 0 Å². The fraction of sp³-hybridized carbons (Fsp3) is 0.429. The fourth-order valence-electron chi connectivity index (χ4n) is 2.03. The Bertz CT molecular complexity index is 501. The molecule has 0 aromatic heterocycles. The van der Waals surface area contributed by atoms with E-state index in [2.05, 4.69) is 6.92 Å². The van der Waals surface area contributed by atoms with Crippen LogP contribution in [0.3, 0.4) is 0 Å². The Morgan fingerprint density at radius 2 is 2.05 bits per heavy atom. The van der Waals surface area contributed by atoms with E-state index >= 15 is 0 Å². The van der Waals surface area contributed by atoms with Gasteiger partial charge in [-0.25, -0.2) is 0 Å². The van der Waals surface area contributed by atoms with Gasteiger partial charge in [-0.15, -0.1) is 0 Å². The van der Waals surface area contributed by atoms with Crippen LogP contribution < -0.4 is 4.90 Å². The first-order chi connectivity index (χ1) is 9.16. The van der Waals surface area contributed by atoms with Crippen molar-refractivity contribution in [3.8, 4) is 0 Å². The Kier molecular flexibility index (Phi) is 4.56. The summed E-state index contributed by atoms with van der Waals surface area (Å²) in [6.07, 6.45) is 2.06. The minimum atomic E-state index is -0.533. The van der Waals surface area contributed by atoms with Gasteiger partial charge in [0, 0.05) is 13.2 Å². The Hall–Kier alpha value is -1.39. The van der Waals surface area contributed by atoms with Gasteiger partial charge in [0.2, 0.25) is 0 Å². The number of hydrogen-bond acceptors (Lipinski definition) is 3. The quantitative estimate of drug-likeness (QED) is 0.595. The first-order valence-corrected chi connectivity index (χ1v) is 6.77. The summed E-state index contributed by atoms with van der Waals surface area (Å²) in [5.41, 5.74) is 0.893. The number of amides is 1. The SMILES string of the molecule is CCCCOCCN1C(=O)C(=O)c2c(Cl)cccc21. The fourth-order valence-corrected chi connectivity index (χ4v) is 2.28. The summed E-state index contributed by atoms with van der Waals surface area (Å²) in [6.45, 7) is 3.56. The molecular weight excluding hydrogens is 266 g/mol. The number of carbonyl (C=O) groups is 2. The maximum atomic E-state index is 11.9. The third-order valence-corrected chi connectivity index (χ3v) is 3.37. The summed E-state index contributed by atoms with van der Waals surface area (Å²) in [7, 11) is 0. The number of rotatable bonds is 6. The van der Waals surface area contributed by atoms with Gasteiger partial charge in [0.15, 0.2) is 0 Å². The Morgan fingerprint density at radius 3 is 2.79 bits per heavy atom. The Labute approximate surface area is 117 Å². The van der Waals surface area contributed by atoms with E-state index in [1.165, 1.54) is 4.90 Å². The second-order valence-electron chi connectivity index (χ2n) is 4.39. The second-order valence-corrected chi connectivity index (χ2v) is 4.79. The number of halogens is 1. The van der Waals surface area contributed by atoms with Gasteiger partial charge in [0.05, 0.1) is 22.9 Å². The molecule has 102 valence electrons. The van der Waals surface area contributed by atoms with Crippen molar-refractivity contribution in [2.75, 3.05) is 24.7 Å². The zero-order valence-corrected chi connectivity index (χ0v) is 11.6. The predicted octanol–water partition coefficient (Wildman–Crippen LogP) is 2.69. The van der Waals surface area contributed by atoms with Gasteiger partial charge < -0.3 is 9.64 Å². The first-order valence-electron chi connectivity index (χ1n) is 6.39. The zero-order valence-electron chi connectivity index (χ0n) is 10.8. The van der Waals surface area contributed by atoms with E-state index in [9.17, 15) is 9.59 Å². The molecule has 2 rings (SSSR count). The van der Waals surface area contributed by atoms with E-state index in [1.807, 2.05) is 0 Å². The normalized spacial score (nSPS) is 14.1. The van der Waals surface area contributed by atoms with Crippen LogP contribution in [0.1, 0.15) is 30.1 Å². The molecule has 0 radical (unpaired) electrons. The summed E-state index contributed by atoms with van der Waals surface area (Å²) >= 11 is 5.97. The third-order valence-electron chi connectivity index (χ3n) is 3.05. The average Bonchev–Trinajstić information content (AvgIpc) is 2.64. The highest BCUT2D eigenvalue weighted by Gasteiger charge is 2.36. The summed E-state index contributed by atoms with van der Waals surface area (Å²) < 4.78 is 5.43. The Balaban J connectivity index is 2.05. The van der Waals surface area contributed by atoms with Crippen LogP contribution in [-0.2, 0) is 9.53 Å². The minimum absolute atomic E-state index is 0.308. The largest absolute Gasteiger partial charge is 0.380 e. The molecule has 0 fully saturated rings. The van der Waals surface area contributed by atoms with Crippen molar-refractivity contribution < 1.29 is 14.3 Å². The van der Waals surface area contributed by atoms with E-state index in [-0.39, 0.29) is 0 Å². The van der Waals surface area contributed by atoms with E-state index in [0.717, 1.165) is 12.8 Å². The standard InChI is InChI=1S/C14H16ClNO3/c1-2-3-8-19-9-7-16-11-6-4-5-10(15)12(11)13(17)14(16)18/h4-6H,2-3,7-9H2,1H3. The smallest absolute Gasteiger partial charge is 0.299 e. The van der Waals surface area contributed by atoms with E-state index in [0.29, 0.717) is 36.0 Å². The van der Waals surface area contributed by atoms with Gasteiger partial charge >= 0.3 is 0 Å². The lowest BCUT2D eigenvalue weighted by Crippen LogP contribution is -2.32. The lowest BCUT2D eigenvalue weighted by atomic mass is 10.1. The van der Waals surface area contributed by atoms with E-state index < -0.39 is 11.7 Å². The number of unbranched alkanes of at least 4 members (excludes halogenated alkanes) is 1. The van der Waals surface area contributed by atoms with Crippen molar-refractivity contribution >= 4 is 29.0 Å². The number of hydrogen-bond donors (Lipinski definition) is 0. The number of nitrogens with zero attached hydrogens (tertiary/aromatic N) is 1. The maximum absolute atomic E-state index is 11.9. The van der Waals surface area contributed by atoms with Crippen molar-refractivity contribution in [1.29, 1.82) is 0 Å². The topological polar surface area (TPSA) is 46.6 Å². The molecule has 1 aliphatic heterocycles. The predicted molar refractivity (Wildman–Crippen MR) is 73.9 cm³/mol. The number of benzene rings is 1. The highest BCUT2D eigenvalue weighted by atomic mass is 35.5. The number of anilines is 1. The van der Waals surface area contributed by atoms with Crippen LogP contribution >= 0.6 is 11.6 Å². The molecule has 1 aromatic rings. The van der Waals surface area contributed by atoms with Crippen LogP contribution in [0, 0.1) is 0 Å². The molecule has 19 heavy (non-hydrogen) atoms.